The number of nitrogens with two attached hydrogens (primary N) is 1. The van der Waals surface area contributed by atoms with Crippen LogP contribution in [0, 0.1) is 5.82 Å². The molecule has 96 valence electrons. The van der Waals surface area contributed by atoms with E-state index >= 15 is 0 Å². The van der Waals surface area contributed by atoms with Crippen molar-refractivity contribution in [3.63, 3.8) is 0 Å². The van der Waals surface area contributed by atoms with E-state index in [1.54, 1.807) is 12.1 Å². The molecule has 2 atom stereocenters. The van der Waals surface area contributed by atoms with Crippen molar-refractivity contribution in [2.75, 3.05) is 12.9 Å². The van der Waals surface area contributed by atoms with E-state index in [9.17, 15) is 8.60 Å². The fourth-order valence-corrected chi connectivity index (χ4v) is 2.70. The monoisotopic (exact) mass is 259 g/mol. The maximum Gasteiger partial charge on any atom is 0.131 e. The largest absolute Gasteiger partial charge is 0.497 e. The number of methoxy groups -OCH3 is 1. The van der Waals surface area contributed by atoms with Gasteiger partial charge in [-0.25, -0.2) is 4.39 Å². The van der Waals surface area contributed by atoms with Gasteiger partial charge in [0.05, 0.1) is 12.9 Å². The van der Waals surface area contributed by atoms with Crippen LogP contribution in [-0.4, -0.2) is 23.1 Å². The highest BCUT2D eigenvalue weighted by Crippen LogP contribution is 2.17. The Kier molecular flexibility index (Phi) is 5.58. The van der Waals surface area contributed by atoms with Gasteiger partial charge in [0.1, 0.15) is 11.6 Å². The van der Waals surface area contributed by atoms with Gasteiger partial charge in [-0.1, -0.05) is 6.07 Å². The molecular formula is C12H18FNO2S. The predicted octanol–water partition coefficient (Wildman–Crippen LogP) is 1.82. The van der Waals surface area contributed by atoms with Gasteiger partial charge < -0.3 is 10.5 Å². The molecule has 3 nitrogen and oxygen atoms in total. The van der Waals surface area contributed by atoms with Crippen molar-refractivity contribution < 1.29 is 13.3 Å². The summed E-state index contributed by atoms with van der Waals surface area (Å²) in [7, 11) is 0.410. The molecule has 0 radical (unpaired) electrons. The highest BCUT2D eigenvalue weighted by atomic mass is 32.2. The van der Waals surface area contributed by atoms with Gasteiger partial charge in [0.2, 0.25) is 0 Å². The average molecular weight is 259 g/mol. The molecule has 0 aliphatic carbocycles. The number of benzene rings is 1. The topological polar surface area (TPSA) is 52.3 Å². The van der Waals surface area contributed by atoms with E-state index in [-0.39, 0.29) is 17.6 Å². The van der Waals surface area contributed by atoms with E-state index in [1.807, 2.05) is 6.92 Å². The number of ether oxygens (including phenoxy) is 1. The lowest BCUT2D eigenvalue weighted by molar-refractivity contribution is 0.411. The fourth-order valence-electron chi connectivity index (χ4n) is 1.34. The molecule has 2 unspecified atom stereocenters. The summed E-state index contributed by atoms with van der Waals surface area (Å²) in [5, 5.41) is 0. The Morgan fingerprint density at radius 3 is 2.76 bits per heavy atom. The zero-order chi connectivity index (χ0) is 12.8. The van der Waals surface area contributed by atoms with E-state index in [1.165, 1.54) is 13.2 Å². The van der Waals surface area contributed by atoms with Gasteiger partial charge >= 0.3 is 0 Å². The SMILES string of the molecule is COc1ccc(CS(=O)CCC(C)N)c(F)c1. The van der Waals surface area contributed by atoms with E-state index in [2.05, 4.69) is 0 Å². The number of hydrogen-bond acceptors (Lipinski definition) is 3. The second kappa shape index (κ2) is 6.71. The Bertz CT molecular complexity index is 396. The summed E-state index contributed by atoms with van der Waals surface area (Å²) in [5.41, 5.74) is 6.03. The van der Waals surface area contributed by atoms with Crippen LogP contribution >= 0.6 is 0 Å². The van der Waals surface area contributed by atoms with Crippen molar-refractivity contribution in [3.05, 3.63) is 29.6 Å². The molecule has 0 bridgehead atoms. The van der Waals surface area contributed by atoms with Crippen LogP contribution in [0.4, 0.5) is 4.39 Å². The van der Waals surface area contributed by atoms with Gasteiger partial charge in [-0.15, -0.1) is 0 Å². The maximum absolute atomic E-state index is 13.6. The first-order valence-electron chi connectivity index (χ1n) is 5.46. The van der Waals surface area contributed by atoms with Gasteiger partial charge in [0, 0.05) is 34.2 Å². The quantitative estimate of drug-likeness (QED) is 0.848. The predicted molar refractivity (Wildman–Crippen MR) is 67.9 cm³/mol. The van der Waals surface area contributed by atoms with Crippen molar-refractivity contribution in [3.8, 4) is 5.75 Å². The van der Waals surface area contributed by atoms with Crippen molar-refractivity contribution in [1.29, 1.82) is 0 Å². The molecule has 0 aromatic heterocycles. The summed E-state index contributed by atoms with van der Waals surface area (Å²) in [5.74, 6) is 0.817. The van der Waals surface area contributed by atoms with Crippen molar-refractivity contribution >= 4 is 10.8 Å². The summed E-state index contributed by atoms with van der Waals surface area (Å²) < 4.78 is 30.1. The zero-order valence-electron chi connectivity index (χ0n) is 10.1. The van der Waals surface area contributed by atoms with Gasteiger partial charge in [0.25, 0.3) is 0 Å². The fraction of sp³-hybridized carbons (Fsp3) is 0.500. The molecule has 1 rings (SSSR count). The molecule has 0 spiro atoms. The van der Waals surface area contributed by atoms with E-state index in [0.717, 1.165) is 0 Å². The lowest BCUT2D eigenvalue weighted by Crippen LogP contribution is -2.18. The second-order valence-corrected chi connectivity index (χ2v) is 5.59. The first-order chi connectivity index (χ1) is 8.02. The van der Waals surface area contributed by atoms with Crippen LogP contribution in [0.1, 0.15) is 18.9 Å². The highest BCUT2D eigenvalue weighted by Gasteiger charge is 2.09. The van der Waals surface area contributed by atoms with Crippen LogP contribution in [0.3, 0.4) is 0 Å². The molecule has 2 N–H and O–H groups in total. The lowest BCUT2D eigenvalue weighted by atomic mass is 10.2. The van der Waals surface area contributed by atoms with Crippen molar-refractivity contribution in [2.24, 2.45) is 5.73 Å². The highest BCUT2D eigenvalue weighted by molar-refractivity contribution is 7.84. The molecule has 5 heteroatoms. The third kappa shape index (κ3) is 4.83. The van der Waals surface area contributed by atoms with Crippen LogP contribution in [0.2, 0.25) is 0 Å². The third-order valence-corrected chi connectivity index (χ3v) is 3.70. The van der Waals surface area contributed by atoms with Crippen LogP contribution in [-0.2, 0) is 16.6 Å². The Morgan fingerprint density at radius 1 is 1.53 bits per heavy atom. The van der Waals surface area contributed by atoms with Crippen LogP contribution in [0.25, 0.3) is 0 Å². The van der Waals surface area contributed by atoms with Gasteiger partial charge in [-0.2, -0.15) is 0 Å². The van der Waals surface area contributed by atoms with E-state index in [0.29, 0.717) is 23.5 Å². The average Bonchev–Trinajstić information content (AvgIpc) is 2.29. The van der Waals surface area contributed by atoms with E-state index < -0.39 is 10.8 Å². The van der Waals surface area contributed by atoms with Crippen LogP contribution in [0.15, 0.2) is 18.2 Å². The second-order valence-electron chi connectivity index (χ2n) is 4.01. The molecule has 0 saturated heterocycles. The standard InChI is InChI=1S/C12H18FNO2S/c1-9(14)5-6-17(15)8-10-3-4-11(16-2)7-12(10)13/h3-4,7,9H,5-6,8,14H2,1-2H3. The Balaban J connectivity index is 2.59. The molecule has 1 aromatic carbocycles. The maximum atomic E-state index is 13.6. The van der Waals surface area contributed by atoms with Crippen LogP contribution < -0.4 is 10.5 Å². The smallest absolute Gasteiger partial charge is 0.131 e. The van der Waals surface area contributed by atoms with Crippen LogP contribution in [0.5, 0.6) is 5.75 Å². The summed E-state index contributed by atoms with van der Waals surface area (Å²) in [6.45, 7) is 1.87. The molecule has 1 aromatic rings. The molecule has 0 amide bonds. The van der Waals surface area contributed by atoms with Gasteiger partial charge in [-0.3, -0.25) is 4.21 Å². The minimum Gasteiger partial charge on any atom is -0.497 e. The molecule has 0 heterocycles. The molecule has 0 saturated carbocycles. The van der Waals surface area contributed by atoms with Gasteiger partial charge in [-0.05, 0) is 19.4 Å². The molecular weight excluding hydrogens is 241 g/mol. The zero-order valence-corrected chi connectivity index (χ0v) is 10.9. The Labute approximate surface area is 104 Å². The summed E-state index contributed by atoms with van der Waals surface area (Å²) >= 11 is 0. The van der Waals surface area contributed by atoms with Crippen molar-refractivity contribution in [2.45, 2.75) is 25.1 Å². The lowest BCUT2D eigenvalue weighted by Gasteiger charge is -2.07. The minimum atomic E-state index is -1.07. The molecule has 0 aliphatic rings. The normalized spacial score (nSPS) is 14.4. The number of halogens is 1. The first-order valence-corrected chi connectivity index (χ1v) is 6.94. The van der Waals surface area contributed by atoms with E-state index in [4.69, 9.17) is 10.5 Å². The summed E-state index contributed by atoms with van der Waals surface area (Å²) in [4.78, 5) is 0. The van der Waals surface area contributed by atoms with Crippen molar-refractivity contribution in [1.82, 2.24) is 0 Å². The Morgan fingerprint density at radius 2 is 2.24 bits per heavy atom. The van der Waals surface area contributed by atoms with Gasteiger partial charge in [0.15, 0.2) is 0 Å². The number of rotatable bonds is 6. The summed E-state index contributed by atoms with van der Waals surface area (Å²) in [6, 6.07) is 4.61. The molecule has 0 fully saturated rings. The summed E-state index contributed by atoms with van der Waals surface area (Å²) in [6.07, 6.45) is 0.685. The minimum absolute atomic E-state index is 0.0275. The first kappa shape index (κ1) is 14.1. The third-order valence-electron chi connectivity index (χ3n) is 2.38. The molecule has 0 aliphatic heterocycles. The molecule has 17 heavy (non-hydrogen) atoms. The number of hydrogen-bond donors (Lipinski definition) is 1. The Hall–Kier alpha value is -0.940.